The van der Waals surface area contributed by atoms with E-state index in [2.05, 4.69) is 20.6 Å². The van der Waals surface area contributed by atoms with Crippen LogP contribution in [0, 0.1) is 0 Å². The molecular weight excluding hydrogens is 147 g/mol. The molecule has 0 aromatic carbocycles. The van der Waals surface area contributed by atoms with Gasteiger partial charge in [-0.05, 0) is 0 Å². The van der Waals surface area contributed by atoms with Crippen LogP contribution < -0.4 is 29.6 Å². The summed E-state index contributed by atoms with van der Waals surface area (Å²) in [6, 6.07) is 0. The van der Waals surface area contributed by atoms with Crippen LogP contribution in [0.25, 0.3) is 0 Å². The molecule has 6 nitrogen and oxygen atoms in total. The molecule has 2 N–H and O–H groups in total. The first-order chi connectivity index (χ1) is 4.29. The van der Waals surface area contributed by atoms with Crippen LogP contribution in [0.3, 0.4) is 0 Å². The maximum atomic E-state index is 9.94. The smallest absolute Gasteiger partial charge is 1.00 e. The molecule has 0 radical (unpaired) electrons. The van der Waals surface area contributed by atoms with Gasteiger partial charge in [0.2, 0.25) is 0 Å². The maximum absolute atomic E-state index is 9.94. The van der Waals surface area contributed by atoms with E-state index in [1.807, 2.05) is 0 Å². The second kappa shape index (κ2) is 4.37. The van der Waals surface area contributed by atoms with Crippen molar-refractivity contribution in [1.29, 1.82) is 0 Å². The van der Waals surface area contributed by atoms with Crippen molar-refractivity contribution in [2.45, 2.75) is 6.42 Å². The van der Waals surface area contributed by atoms with E-state index in [0.717, 1.165) is 0 Å². The van der Waals surface area contributed by atoms with E-state index < -0.39 is 5.97 Å². The molecule has 1 aromatic rings. The first-order valence-electron chi connectivity index (χ1n) is 2.23. The van der Waals surface area contributed by atoms with Gasteiger partial charge in [0, 0.05) is 0 Å². The van der Waals surface area contributed by atoms with Gasteiger partial charge in [0.15, 0.2) is 5.82 Å². The minimum atomic E-state index is -0.962. The van der Waals surface area contributed by atoms with Gasteiger partial charge in [0.1, 0.15) is 6.42 Å². The van der Waals surface area contributed by atoms with Gasteiger partial charge in [0.25, 0.3) is 0 Å². The number of aromatic nitrogens is 4. The van der Waals surface area contributed by atoms with Crippen LogP contribution in [0.15, 0.2) is 0 Å². The predicted octanol–water partition coefficient (Wildman–Crippen LogP) is -4.06. The van der Waals surface area contributed by atoms with Crippen LogP contribution in [0.5, 0.6) is 0 Å². The fourth-order valence-corrected chi connectivity index (χ4v) is 0.393. The van der Waals surface area contributed by atoms with Gasteiger partial charge in [-0.3, -0.25) is 4.79 Å². The van der Waals surface area contributed by atoms with Crippen molar-refractivity contribution in [2.24, 2.45) is 0 Å². The molecule has 0 aliphatic heterocycles. The van der Waals surface area contributed by atoms with E-state index in [9.17, 15) is 4.79 Å². The van der Waals surface area contributed by atoms with Crippen LogP contribution in [-0.2, 0) is 11.2 Å². The molecule has 0 spiro atoms. The van der Waals surface area contributed by atoms with Crippen LogP contribution in [0.4, 0.5) is 0 Å². The molecule has 0 bridgehead atoms. The molecule has 0 unspecified atom stereocenters. The Balaban J connectivity index is 0. The van der Waals surface area contributed by atoms with Crippen LogP contribution in [0.2, 0.25) is 0 Å². The third-order valence-corrected chi connectivity index (χ3v) is 0.699. The molecule has 0 amide bonds. The molecule has 0 saturated carbocycles. The molecule has 7 heteroatoms. The number of carbonyl (C=O) groups is 1. The monoisotopic (exact) mass is 152 g/mol. The number of rotatable bonds is 2. The molecule has 1 aromatic heterocycles. The Kier molecular flexibility index (Phi) is 4.17. The van der Waals surface area contributed by atoms with E-state index >= 15 is 0 Å². The summed E-state index contributed by atoms with van der Waals surface area (Å²) in [7, 11) is 0. The fourth-order valence-electron chi connectivity index (χ4n) is 0.393. The molecule has 0 fully saturated rings. The van der Waals surface area contributed by atoms with Gasteiger partial charge < -0.3 is 6.53 Å². The Labute approximate surface area is 79.8 Å². The molecule has 10 heavy (non-hydrogen) atoms. The van der Waals surface area contributed by atoms with Gasteiger partial charge in [-0.2, -0.15) is 5.21 Å². The van der Waals surface area contributed by atoms with E-state index in [1.54, 1.807) is 0 Å². The molecule has 0 aliphatic rings. The third kappa shape index (κ3) is 2.90. The number of tetrazole rings is 1. The molecule has 0 aliphatic carbocycles. The zero-order valence-electron chi connectivity index (χ0n) is 6.40. The zero-order chi connectivity index (χ0) is 6.69. The second-order valence-corrected chi connectivity index (χ2v) is 1.40. The average molecular weight is 152 g/mol. The summed E-state index contributed by atoms with van der Waals surface area (Å²) in [6.07, 6.45) is -0.184. The van der Waals surface area contributed by atoms with Gasteiger partial charge in [-0.15, -0.1) is 10.2 Å². The van der Waals surface area contributed by atoms with Crippen molar-refractivity contribution in [3.8, 4) is 0 Å². The number of carboxylic acid groups (broad SMARTS) is 1. The third-order valence-electron chi connectivity index (χ3n) is 0.699. The summed E-state index contributed by atoms with van der Waals surface area (Å²) in [5.74, 6) is -0.765. The van der Waals surface area contributed by atoms with Crippen LogP contribution >= 0.6 is 0 Å². The number of hydrogen-bond donors (Lipinski definition) is 2. The maximum Gasteiger partial charge on any atom is 1.00 e. The van der Waals surface area contributed by atoms with Gasteiger partial charge in [-0.1, -0.05) is 5.21 Å². The summed E-state index contributed by atoms with van der Waals surface area (Å²) >= 11 is 0. The van der Waals surface area contributed by atoms with Crippen molar-refractivity contribution >= 4 is 5.97 Å². The number of nitrogens with zero attached hydrogens (tertiary/aromatic N) is 3. The van der Waals surface area contributed by atoms with E-state index in [-0.39, 0.29) is 43.2 Å². The second-order valence-electron chi connectivity index (χ2n) is 1.40. The summed E-state index contributed by atoms with van der Waals surface area (Å²) < 4.78 is 0. The molecule has 1 heterocycles. The van der Waals surface area contributed by atoms with Crippen molar-refractivity contribution in [2.75, 3.05) is 0 Å². The standard InChI is InChI=1S/C3H4N4O2.Na.H/c8-3(9)1-2-4-6-7-5-2;;/h1H2,(H,8,9)(H,4,5,6,7);;/q;+1;-1. The van der Waals surface area contributed by atoms with Crippen molar-refractivity contribution in [1.82, 2.24) is 20.6 Å². The SMILES string of the molecule is O=C(O)Cc1nn[nH]n1.[H-].[Na+]. The fraction of sp³-hybridized carbons (Fsp3) is 0.333. The number of H-pyrrole nitrogens is 1. The van der Waals surface area contributed by atoms with E-state index in [0.29, 0.717) is 0 Å². The Hall–Kier alpha value is -0.460. The number of nitrogens with one attached hydrogen (secondary N) is 1. The number of carboxylic acids is 1. The van der Waals surface area contributed by atoms with Gasteiger partial charge in [-0.25, -0.2) is 0 Å². The Morgan fingerprint density at radius 3 is 2.90 bits per heavy atom. The van der Waals surface area contributed by atoms with Crippen molar-refractivity contribution in [3.05, 3.63) is 5.82 Å². The van der Waals surface area contributed by atoms with Crippen LogP contribution in [0.1, 0.15) is 7.25 Å². The number of aromatic amines is 1. The Morgan fingerprint density at radius 2 is 2.50 bits per heavy atom. The topological polar surface area (TPSA) is 91.8 Å². The summed E-state index contributed by atoms with van der Waals surface area (Å²) in [6.45, 7) is 0. The molecule has 0 atom stereocenters. The molecular formula is C3H5N4NaO2. The first-order valence-corrected chi connectivity index (χ1v) is 2.23. The van der Waals surface area contributed by atoms with E-state index in [4.69, 9.17) is 5.11 Å². The largest absolute Gasteiger partial charge is 1.00 e. The Bertz CT molecular complexity index is 203. The number of aliphatic carboxylic acids is 1. The summed E-state index contributed by atoms with van der Waals surface area (Å²) in [4.78, 5) is 9.94. The van der Waals surface area contributed by atoms with E-state index in [1.165, 1.54) is 0 Å². The van der Waals surface area contributed by atoms with Gasteiger partial charge in [0.05, 0.1) is 0 Å². The average Bonchev–Trinajstić information content (AvgIpc) is 2.15. The minimum absolute atomic E-state index is 0. The zero-order valence-corrected chi connectivity index (χ0v) is 7.40. The summed E-state index contributed by atoms with van der Waals surface area (Å²) in [5.41, 5.74) is 0. The quantitative estimate of drug-likeness (QED) is 0.421. The Morgan fingerprint density at radius 1 is 1.80 bits per heavy atom. The predicted molar refractivity (Wildman–Crippen MR) is 26.6 cm³/mol. The van der Waals surface area contributed by atoms with Crippen molar-refractivity contribution < 1.29 is 40.9 Å². The first kappa shape index (κ1) is 9.54. The van der Waals surface area contributed by atoms with Gasteiger partial charge >= 0.3 is 35.5 Å². The van der Waals surface area contributed by atoms with Crippen molar-refractivity contribution in [3.63, 3.8) is 0 Å². The molecule has 50 valence electrons. The van der Waals surface area contributed by atoms with Crippen LogP contribution in [-0.4, -0.2) is 31.7 Å². The molecule has 1 rings (SSSR count). The summed E-state index contributed by atoms with van der Waals surface area (Å²) in [5, 5.41) is 20.3. The molecule has 0 saturated heterocycles. The number of hydrogen-bond acceptors (Lipinski definition) is 4. The minimum Gasteiger partial charge on any atom is -1.00 e. The normalized spacial score (nSPS) is 8.40.